The number of rotatable bonds is 4. The largest absolute Gasteiger partial charge is 0.294 e. The van der Waals surface area contributed by atoms with Gasteiger partial charge in [0.25, 0.3) is 0 Å². The number of carbonyl (C=O) groups excluding carboxylic acids is 1. The topological polar surface area (TPSA) is 17.1 Å². The molecular weight excluding hydrogens is 314 g/mol. The van der Waals surface area contributed by atoms with Crippen LogP contribution in [0.5, 0.6) is 0 Å². The van der Waals surface area contributed by atoms with Crippen LogP contribution in [-0.4, -0.2) is 5.78 Å². The highest BCUT2D eigenvalue weighted by Crippen LogP contribution is 2.15. The molecule has 19 heavy (non-hydrogen) atoms. The van der Waals surface area contributed by atoms with Gasteiger partial charge < -0.3 is 0 Å². The van der Waals surface area contributed by atoms with Crippen molar-refractivity contribution in [2.45, 2.75) is 12.8 Å². The van der Waals surface area contributed by atoms with Crippen LogP contribution in [0.1, 0.15) is 22.3 Å². The van der Waals surface area contributed by atoms with Crippen molar-refractivity contribution in [2.75, 3.05) is 0 Å². The number of halogens is 3. The molecule has 0 saturated carbocycles. The van der Waals surface area contributed by atoms with Gasteiger partial charge in [-0.25, -0.2) is 8.78 Å². The Balaban J connectivity index is 2.03. The Morgan fingerprint density at radius 1 is 1.05 bits per heavy atom. The Morgan fingerprint density at radius 2 is 1.74 bits per heavy atom. The molecule has 0 N–H and O–H groups in total. The molecule has 4 heteroatoms. The Bertz CT molecular complexity index is 594. The van der Waals surface area contributed by atoms with E-state index in [0.717, 1.165) is 22.2 Å². The van der Waals surface area contributed by atoms with Crippen LogP contribution in [-0.2, 0) is 6.42 Å². The van der Waals surface area contributed by atoms with E-state index in [9.17, 15) is 13.6 Å². The maximum Gasteiger partial charge on any atom is 0.166 e. The van der Waals surface area contributed by atoms with Crippen molar-refractivity contribution in [1.29, 1.82) is 0 Å². The van der Waals surface area contributed by atoms with Crippen LogP contribution in [0.3, 0.4) is 0 Å². The second-order valence-electron chi connectivity index (χ2n) is 4.17. The van der Waals surface area contributed by atoms with Gasteiger partial charge in [-0.05, 0) is 36.2 Å². The number of Topliss-reactive ketones (excluding diaryl/α,β-unsaturated/α-hetero) is 1. The molecule has 0 fully saturated rings. The fraction of sp³-hybridized carbons (Fsp3) is 0.133. The second-order valence-corrected chi connectivity index (χ2v) is 5.09. The molecule has 2 rings (SSSR count). The predicted molar refractivity (Wildman–Crippen MR) is 73.2 cm³/mol. The first-order chi connectivity index (χ1) is 9.06. The summed E-state index contributed by atoms with van der Waals surface area (Å²) in [6, 6.07) is 10.6. The molecule has 0 unspecified atom stereocenters. The highest BCUT2D eigenvalue weighted by Gasteiger charge is 2.12. The van der Waals surface area contributed by atoms with Crippen LogP contribution in [0.4, 0.5) is 8.78 Å². The third kappa shape index (κ3) is 3.70. The zero-order valence-electron chi connectivity index (χ0n) is 10.00. The van der Waals surface area contributed by atoms with E-state index >= 15 is 0 Å². The Kier molecular flexibility index (Phi) is 4.43. The lowest BCUT2D eigenvalue weighted by Gasteiger charge is -2.03. The fourth-order valence-corrected chi connectivity index (χ4v) is 2.02. The molecule has 0 aliphatic carbocycles. The van der Waals surface area contributed by atoms with Gasteiger partial charge in [0.15, 0.2) is 5.78 Å². The molecule has 0 heterocycles. The lowest BCUT2D eigenvalue weighted by Crippen LogP contribution is -2.04. The minimum Gasteiger partial charge on any atom is -0.294 e. The molecule has 0 amide bonds. The van der Waals surface area contributed by atoms with Gasteiger partial charge in [0.05, 0.1) is 5.56 Å². The number of hydrogen-bond acceptors (Lipinski definition) is 1. The van der Waals surface area contributed by atoms with Gasteiger partial charge in [0.1, 0.15) is 11.6 Å². The van der Waals surface area contributed by atoms with Crippen LogP contribution >= 0.6 is 15.9 Å². The second kappa shape index (κ2) is 6.06. The molecule has 0 bridgehead atoms. The third-order valence-electron chi connectivity index (χ3n) is 2.79. The molecule has 0 aromatic heterocycles. The number of ketones is 1. The van der Waals surface area contributed by atoms with Gasteiger partial charge in [-0.3, -0.25) is 4.79 Å². The highest BCUT2D eigenvalue weighted by atomic mass is 79.9. The predicted octanol–water partition coefficient (Wildman–Crippen LogP) is 4.54. The van der Waals surface area contributed by atoms with Crippen LogP contribution < -0.4 is 0 Å². The number of hydrogen-bond donors (Lipinski definition) is 0. The van der Waals surface area contributed by atoms with Crippen molar-refractivity contribution in [2.24, 2.45) is 0 Å². The molecule has 2 aromatic rings. The lowest BCUT2D eigenvalue weighted by atomic mass is 10.0. The summed E-state index contributed by atoms with van der Waals surface area (Å²) in [4.78, 5) is 11.8. The molecule has 0 aliphatic heterocycles. The van der Waals surface area contributed by atoms with Gasteiger partial charge >= 0.3 is 0 Å². The van der Waals surface area contributed by atoms with Crippen molar-refractivity contribution in [3.05, 3.63) is 69.7 Å². The molecular formula is C15H11BrF2O. The number of aryl methyl sites for hydroxylation is 1. The van der Waals surface area contributed by atoms with Crippen LogP contribution in [0.15, 0.2) is 46.9 Å². The highest BCUT2D eigenvalue weighted by molar-refractivity contribution is 9.10. The summed E-state index contributed by atoms with van der Waals surface area (Å²) in [5.41, 5.74) is 0.942. The van der Waals surface area contributed by atoms with E-state index in [4.69, 9.17) is 0 Å². The molecule has 0 atom stereocenters. The fourth-order valence-electron chi connectivity index (χ4n) is 1.76. The number of benzene rings is 2. The molecule has 2 aromatic carbocycles. The third-order valence-corrected chi connectivity index (χ3v) is 3.31. The summed E-state index contributed by atoms with van der Waals surface area (Å²) in [6.45, 7) is 0. The normalized spacial score (nSPS) is 10.5. The zero-order chi connectivity index (χ0) is 13.8. The molecule has 0 aliphatic rings. The maximum atomic E-state index is 13.4. The molecule has 1 nitrogen and oxygen atoms in total. The summed E-state index contributed by atoms with van der Waals surface area (Å²) in [6.07, 6.45) is 0.729. The lowest BCUT2D eigenvalue weighted by molar-refractivity contribution is 0.0979. The van der Waals surface area contributed by atoms with Gasteiger partial charge in [-0.15, -0.1) is 0 Å². The van der Waals surface area contributed by atoms with E-state index in [1.165, 1.54) is 6.07 Å². The van der Waals surface area contributed by atoms with Gasteiger partial charge in [0.2, 0.25) is 0 Å². The summed E-state index contributed by atoms with van der Waals surface area (Å²) in [7, 11) is 0. The summed E-state index contributed by atoms with van der Waals surface area (Å²) in [5, 5.41) is 0. The Morgan fingerprint density at radius 3 is 2.37 bits per heavy atom. The van der Waals surface area contributed by atoms with Crippen molar-refractivity contribution in [3.63, 3.8) is 0 Å². The molecule has 0 saturated heterocycles. The van der Waals surface area contributed by atoms with E-state index in [1.54, 1.807) is 0 Å². The first-order valence-electron chi connectivity index (χ1n) is 5.79. The van der Waals surface area contributed by atoms with Gasteiger partial charge in [-0.2, -0.15) is 0 Å². The van der Waals surface area contributed by atoms with Crippen LogP contribution in [0.25, 0.3) is 0 Å². The number of carbonyl (C=O) groups is 1. The molecule has 0 radical (unpaired) electrons. The average molecular weight is 325 g/mol. The smallest absolute Gasteiger partial charge is 0.166 e. The monoisotopic (exact) mass is 324 g/mol. The maximum absolute atomic E-state index is 13.4. The van der Waals surface area contributed by atoms with E-state index in [0.29, 0.717) is 6.42 Å². The van der Waals surface area contributed by atoms with Gasteiger partial charge in [-0.1, -0.05) is 28.1 Å². The van der Waals surface area contributed by atoms with Crippen molar-refractivity contribution >= 4 is 21.7 Å². The minimum absolute atomic E-state index is 0.0569. The first kappa shape index (κ1) is 13.9. The van der Waals surface area contributed by atoms with E-state index in [-0.39, 0.29) is 17.8 Å². The molecule has 0 spiro atoms. The summed E-state index contributed by atoms with van der Waals surface area (Å²) in [5.74, 6) is -1.80. The van der Waals surface area contributed by atoms with Crippen LogP contribution in [0.2, 0.25) is 0 Å². The quantitative estimate of drug-likeness (QED) is 0.754. The Labute approximate surface area is 118 Å². The van der Waals surface area contributed by atoms with Gasteiger partial charge in [0, 0.05) is 17.0 Å². The SMILES string of the molecule is O=C(CCc1ccc(Br)cc1)c1ccc(F)cc1F. The van der Waals surface area contributed by atoms with E-state index in [1.807, 2.05) is 24.3 Å². The van der Waals surface area contributed by atoms with Crippen LogP contribution in [0, 0.1) is 11.6 Å². The van der Waals surface area contributed by atoms with Crippen molar-refractivity contribution < 1.29 is 13.6 Å². The molecule has 98 valence electrons. The minimum atomic E-state index is -0.805. The van der Waals surface area contributed by atoms with E-state index in [2.05, 4.69) is 15.9 Å². The van der Waals surface area contributed by atoms with Crippen molar-refractivity contribution in [3.8, 4) is 0 Å². The average Bonchev–Trinajstić information content (AvgIpc) is 2.37. The summed E-state index contributed by atoms with van der Waals surface area (Å²) < 4.78 is 27.1. The zero-order valence-corrected chi connectivity index (χ0v) is 11.6. The van der Waals surface area contributed by atoms with Crippen molar-refractivity contribution in [1.82, 2.24) is 0 Å². The van der Waals surface area contributed by atoms with E-state index < -0.39 is 11.6 Å². The summed E-state index contributed by atoms with van der Waals surface area (Å²) >= 11 is 3.33. The Hall–Kier alpha value is -1.55. The standard InChI is InChI=1S/C15H11BrF2O/c16-11-4-1-10(2-5-11)3-8-15(19)13-7-6-12(17)9-14(13)18/h1-2,4-7,9H,3,8H2. The first-order valence-corrected chi connectivity index (χ1v) is 6.58.